The topological polar surface area (TPSA) is 76.4 Å². The lowest BCUT2D eigenvalue weighted by atomic mass is 10.2. The number of guanidine groups is 1. The summed E-state index contributed by atoms with van der Waals surface area (Å²) in [7, 11) is 0. The molecule has 1 atom stereocenters. The second-order valence-corrected chi connectivity index (χ2v) is 6.65. The SMILES string of the molecule is CCNC(=NCc1ccnc(-n2cccn2)c1)NCC(CC)Oc1cccc(F)c1.I. The number of aliphatic imine (C=N–C) groups is 1. The molecule has 3 aromatic rings. The van der Waals surface area contributed by atoms with Gasteiger partial charge in [-0.25, -0.2) is 19.0 Å². The molecule has 0 spiro atoms. The predicted octanol–water partition coefficient (Wildman–Crippen LogP) is 3.94. The first-order valence-corrected chi connectivity index (χ1v) is 10.1. The average Bonchev–Trinajstić information content (AvgIpc) is 3.30. The van der Waals surface area contributed by atoms with Crippen molar-refractivity contribution in [1.82, 2.24) is 25.4 Å². The molecule has 9 heteroatoms. The number of hydrogen-bond donors (Lipinski definition) is 2. The van der Waals surface area contributed by atoms with E-state index in [4.69, 9.17) is 4.74 Å². The van der Waals surface area contributed by atoms with Crippen LogP contribution in [-0.4, -0.2) is 39.9 Å². The Morgan fingerprint density at radius 2 is 2.03 bits per heavy atom. The van der Waals surface area contributed by atoms with E-state index >= 15 is 0 Å². The van der Waals surface area contributed by atoms with Gasteiger partial charge >= 0.3 is 0 Å². The van der Waals surface area contributed by atoms with Crippen molar-refractivity contribution in [3.05, 3.63) is 72.4 Å². The summed E-state index contributed by atoms with van der Waals surface area (Å²) < 4.78 is 21.0. The number of ether oxygens (including phenoxy) is 1. The van der Waals surface area contributed by atoms with E-state index in [2.05, 4.69) is 25.7 Å². The quantitative estimate of drug-likeness (QED) is 0.245. The number of pyridine rings is 1. The van der Waals surface area contributed by atoms with Crippen LogP contribution in [0, 0.1) is 5.82 Å². The number of benzene rings is 1. The van der Waals surface area contributed by atoms with Crippen molar-refractivity contribution in [2.75, 3.05) is 13.1 Å². The number of hydrogen-bond acceptors (Lipinski definition) is 4. The van der Waals surface area contributed by atoms with E-state index in [1.54, 1.807) is 29.2 Å². The van der Waals surface area contributed by atoms with E-state index in [0.29, 0.717) is 24.8 Å². The molecule has 0 radical (unpaired) electrons. The van der Waals surface area contributed by atoms with Crippen molar-refractivity contribution in [3.8, 4) is 11.6 Å². The van der Waals surface area contributed by atoms with Crippen LogP contribution < -0.4 is 15.4 Å². The number of halogens is 2. The van der Waals surface area contributed by atoms with Gasteiger partial charge in [-0.1, -0.05) is 13.0 Å². The van der Waals surface area contributed by atoms with Gasteiger partial charge in [0, 0.05) is 31.2 Å². The molecule has 3 rings (SSSR count). The molecule has 0 saturated heterocycles. The highest BCUT2D eigenvalue weighted by Gasteiger charge is 2.10. The Balaban J connectivity index is 0.00000341. The van der Waals surface area contributed by atoms with Gasteiger partial charge < -0.3 is 15.4 Å². The van der Waals surface area contributed by atoms with Gasteiger partial charge in [0.15, 0.2) is 11.8 Å². The highest BCUT2D eigenvalue weighted by molar-refractivity contribution is 14.0. The standard InChI is InChI=1S/C22H27FN6O.HI/c1-3-19(30-20-8-5-7-18(23)14-20)16-27-22(24-4-2)26-15-17-9-11-25-21(13-17)29-12-6-10-28-29;/h5-14,19H,3-4,15-16H2,1-2H3,(H2,24,26,27);1H. The molecule has 0 saturated carbocycles. The van der Waals surface area contributed by atoms with Gasteiger partial charge in [-0.2, -0.15) is 5.10 Å². The van der Waals surface area contributed by atoms with Gasteiger partial charge in [0.1, 0.15) is 17.7 Å². The molecule has 2 aromatic heterocycles. The first kappa shape index (κ1) is 24.6. The summed E-state index contributed by atoms with van der Waals surface area (Å²) in [4.78, 5) is 8.99. The molecular formula is C22H28FIN6O. The third kappa shape index (κ3) is 7.82. The zero-order chi connectivity index (χ0) is 21.2. The normalized spacial score (nSPS) is 12.0. The summed E-state index contributed by atoms with van der Waals surface area (Å²) in [5.74, 6) is 1.65. The Hall–Kier alpha value is -2.69. The van der Waals surface area contributed by atoms with Crippen molar-refractivity contribution in [1.29, 1.82) is 0 Å². The third-order valence-corrected chi connectivity index (χ3v) is 4.36. The van der Waals surface area contributed by atoms with Crippen LogP contribution in [-0.2, 0) is 6.54 Å². The smallest absolute Gasteiger partial charge is 0.191 e. The van der Waals surface area contributed by atoms with E-state index in [0.717, 1.165) is 24.3 Å². The van der Waals surface area contributed by atoms with E-state index in [9.17, 15) is 4.39 Å². The van der Waals surface area contributed by atoms with Crippen LogP contribution in [0.25, 0.3) is 5.82 Å². The summed E-state index contributed by atoms with van der Waals surface area (Å²) in [6.45, 7) is 5.83. The highest BCUT2D eigenvalue weighted by Crippen LogP contribution is 2.14. The predicted molar refractivity (Wildman–Crippen MR) is 131 cm³/mol. The van der Waals surface area contributed by atoms with Gasteiger partial charge in [0.25, 0.3) is 0 Å². The monoisotopic (exact) mass is 538 g/mol. The molecule has 166 valence electrons. The molecular weight excluding hydrogens is 510 g/mol. The lowest BCUT2D eigenvalue weighted by Crippen LogP contribution is -2.42. The van der Waals surface area contributed by atoms with E-state index < -0.39 is 0 Å². The molecule has 0 aliphatic rings. The third-order valence-electron chi connectivity index (χ3n) is 4.36. The van der Waals surface area contributed by atoms with Crippen LogP contribution in [0.4, 0.5) is 4.39 Å². The Morgan fingerprint density at radius 3 is 2.74 bits per heavy atom. The first-order chi connectivity index (χ1) is 14.7. The summed E-state index contributed by atoms with van der Waals surface area (Å²) >= 11 is 0. The lowest BCUT2D eigenvalue weighted by molar-refractivity contribution is 0.198. The van der Waals surface area contributed by atoms with E-state index in [1.807, 2.05) is 38.2 Å². The van der Waals surface area contributed by atoms with Crippen LogP contribution in [0.1, 0.15) is 25.8 Å². The van der Waals surface area contributed by atoms with Crippen LogP contribution in [0.15, 0.2) is 66.0 Å². The molecule has 0 aliphatic heterocycles. The Kier molecular flexibility index (Phi) is 10.2. The molecule has 1 aromatic carbocycles. The average molecular weight is 538 g/mol. The van der Waals surface area contributed by atoms with Crippen LogP contribution in [0.5, 0.6) is 5.75 Å². The van der Waals surface area contributed by atoms with Crippen molar-refractivity contribution < 1.29 is 9.13 Å². The number of nitrogens with zero attached hydrogens (tertiary/aromatic N) is 4. The maximum absolute atomic E-state index is 13.4. The highest BCUT2D eigenvalue weighted by atomic mass is 127. The molecule has 31 heavy (non-hydrogen) atoms. The summed E-state index contributed by atoms with van der Waals surface area (Å²) in [5.41, 5.74) is 1.02. The summed E-state index contributed by atoms with van der Waals surface area (Å²) in [6, 6.07) is 11.9. The first-order valence-electron chi connectivity index (χ1n) is 10.1. The van der Waals surface area contributed by atoms with E-state index in [-0.39, 0.29) is 35.9 Å². The van der Waals surface area contributed by atoms with E-state index in [1.165, 1.54) is 12.1 Å². The Bertz CT molecular complexity index is 951. The van der Waals surface area contributed by atoms with Crippen LogP contribution in [0.2, 0.25) is 0 Å². The molecule has 0 bridgehead atoms. The lowest BCUT2D eigenvalue weighted by Gasteiger charge is -2.20. The van der Waals surface area contributed by atoms with Gasteiger partial charge in [-0.3, -0.25) is 0 Å². The zero-order valence-electron chi connectivity index (χ0n) is 17.7. The second-order valence-electron chi connectivity index (χ2n) is 6.65. The van der Waals surface area contributed by atoms with Gasteiger partial charge in [-0.05, 0) is 49.2 Å². The molecule has 2 heterocycles. The minimum Gasteiger partial charge on any atom is -0.489 e. The van der Waals surface area contributed by atoms with Crippen molar-refractivity contribution in [2.45, 2.75) is 32.9 Å². The van der Waals surface area contributed by atoms with Crippen molar-refractivity contribution >= 4 is 29.9 Å². The number of aromatic nitrogens is 3. The van der Waals surface area contributed by atoms with Gasteiger partial charge in [0.2, 0.25) is 0 Å². The maximum atomic E-state index is 13.4. The van der Waals surface area contributed by atoms with Crippen LogP contribution in [0.3, 0.4) is 0 Å². The molecule has 0 aliphatic carbocycles. The number of nitrogens with one attached hydrogen (secondary N) is 2. The fourth-order valence-corrected chi connectivity index (χ4v) is 2.81. The summed E-state index contributed by atoms with van der Waals surface area (Å²) in [5, 5.41) is 10.8. The molecule has 0 fully saturated rings. The number of rotatable bonds is 9. The zero-order valence-corrected chi connectivity index (χ0v) is 20.0. The molecule has 7 nitrogen and oxygen atoms in total. The maximum Gasteiger partial charge on any atom is 0.191 e. The van der Waals surface area contributed by atoms with Crippen LogP contribution >= 0.6 is 24.0 Å². The minimum absolute atomic E-state index is 0. The van der Waals surface area contributed by atoms with Crippen molar-refractivity contribution in [2.24, 2.45) is 4.99 Å². The minimum atomic E-state index is -0.308. The van der Waals surface area contributed by atoms with Gasteiger partial charge in [-0.15, -0.1) is 24.0 Å². The Labute approximate surface area is 199 Å². The van der Waals surface area contributed by atoms with Gasteiger partial charge in [0.05, 0.1) is 13.1 Å². The fourth-order valence-electron chi connectivity index (χ4n) is 2.81. The molecule has 2 N–H and O–H groups in total. The fraction of sp³-hybridized carbons (Fsp3) is 0.318. The molecule has 1 unspecified atom stereocenters. The summed E-state index contributed by atoms with van der Waals surface area (Å²) in [6.07, 6.45) is 5.99. The molecule has 0 amide bonds. The Morgan fingerprint density at radius 1 is 1.16 bits per heavy atom. The van der Waals surface area contributed by atoms with Crippen molar-refractivity contribution in [3.63, 3.8) is 0 Å². The second kappa shape index (κ2) is 12.9. The largest absolute Gasteiger partial charge is 0.489 e.